The van der Waals surface area contributed by atoms with E-state index in [4.69, 9.17) is 10.5 Å². The number of ether oxygens (including phenoxy) is 1. The van der Waals surface area contributed by atoms with Gasteiger partial charge < -0.3 is 15.0 Å². The summed E-state index contributed by atoms with van der Waals surface area (Å²) in [4.78, 5) is 8.52. The van der Waals surface area contributed by atoms with E-state index >= 15 is 0 Å². The van der Waals surface area contributed by atoms with Gasteiger partial charge >= 0.3 is 0 Å². The van der Waals surface area contributed by atoms with Crippen LogP contribution in [0.25, 0.3) is 11.0 Å². The van der Waals surface area contributed by atoms with Crippen molar-refractivity contribution in [3.05, 3.63) is 17.6 Å². The van der Waals surface area contributed by atoms with Crippen molar-refractivity contribution < 1.29 is 4.74 Å². The molecular weight excluding hydrogens is 240 g/mol. The van der Waals surface area contributed by atoms with E-state index in [-0.39, 0.29) is 0 Å². The lowest BCUT2D eigenvalue weighted by Gasteiger charge is -2.20. The summed E-state index contributed by atoms with van der Waals surface area (Å²) < 4.78 is 7.60. The predicted octanol–water partition coefficient (Wildman–Crippen LogP) is 2.62. The largest absolute Gasteiger partial charge is 0.383 e. The van der Waals surface area contributed by atoms with Crippen LogP contribution >= 0.6 is 0 Å². The Labute approximate surface area is 113 Å². The van der Waals surface area contributed by atoms with Gasteiger partial charge in [0.25, 0.3) is 0 Å². The Morgan fingerprint density at radius 3 is 2.74 bits per heavy atom. The van der Waals surface area contributed by atoms with Gasteiger partial charge in [-0.25, -0.2) is 9.97 Å². The van der Waals surface area contributed by atoms with Gasteiger partial charge in [-0.1, -0.05) is 13.3 Å². The summed E-state index contributed by atoms with van der Waals surface area (Å²) in [5.41, 5.74) is 9.26. The molecule has 0 aliphatic rings. The third-order valence-electron chi connectivity index (χ3n) is 3.71. The summed E-state index contributed by atoms with van der Waals surface area (Å²) in [6.45, 7) is 7.04. The molecule has 2 heterocycles. The summed E-state index contributed by atoms with van der Waals surface area (Å²) in [6, 6.07) is 0.292. The van der Waals surface area contributed by atoms with Crippen LogP contribution in [0.5, 0.6) is 0 Å². The zero-order valence-electron chi connectivity index (χ0n) is 12.1. The molecule has 104 valence electrons. The van der Waals surface area contributed by atoms with E-state index in [1.165, 1.54) is 12.0 Å². The number of aryl methyl sites for hydroxylation is 1. The van der Waals surface area contributed by atoms with Crippen LogP contribution in [-0.2, 0) is 4.74 Å². The molecule has 0 fully saturated rings. The van der Waals surface area contributed by atoms with Gasteiger partial charge in [-0.2, -0.15) is 0 Å². The summed E-state index contributed by atoms with van der Waals surface area (Å²) >= 11 is 0. The van der Waals surface area contributed by atoms with Crippen LogP contribution in [0.3, 0.4) is 0 Å². The van der Waals surface area contributed by atoms with Gasteiger partial charge in [0.15, 0.2) is 0 Å². The Hall–Kier alpha value is -1.62. The Morgan fingerprint density at radius 2 is 2.11 bits per heavy atom. The molecule has 5 nitrogen and oxygen atoms in total. The van der Waals surface area contributed by atoms with Gasteiger partial charge in [0.05, 0.1) is 18.0 Å². The third-order valence-corrected chi connectivity index (χ3v) is 3.71. The second-order valence-corrected chi connectivity index (χ2v) is 4.94. The fraction of sp³-hybridized carbons (Fsp3) is 0.571. The van der Waals surface area contributed by atoms with Crippen LogP contribution in [0.4, 0.5) is 5.82 Å². The summed E-state index contributed by atoms with van der Waals surface area (Å²) in [5.74, 6) is 0.553. The average molecular weight is 262 g/mol. The first kappa shape index (κ1) is 13.8. The second-order valence-electron chi connectivity index (χ2n) is 4.94. The Morgan fingerprint density at radius 1 is 1.37 bits per heavy atom. The topological polar surface area (TPSA) is 66.0 Å². The number of anilines is 1. The number of hydrogen-bond donors (Lipinski definition) is 1. The number of nitrogens with zero attached hydrogens (tertiary/aromatic N) is 3. The fourth-order valence-electron chi connectivity index (χ4n) is 2.71. The first-order valence-corrected chi connectivity index (χ1v) is 6.68. The maximum atomic E-state index is 5.99. The highest BCUT2D eigenvalue weighted by Gasteiger charge is 2.20. The smallest absolute Gasteiger partial charge is 0.146 e. The molecule has 0 amide bonds. The standard InChI is InChI=1S/C14H22N4O/c1-5-6-11(7-19-4)18-10(3)9(2)12-13(15)16-8-17-14(12)18/h8,11H,5-7H2,1-4H3,(H2,15,16,17). The van der Waals surface area contributed by atoms with Gasteiger partial charge in [-0.05, 0) is 25.8 Å². The van der Waals surface area contributed by atoms with Crippen molar-refractivity contribution in [2.75, 3.05) is 19.5 Å². The molecule has 0 saturated carbocycles. The molecule has 2 rings (SSSR count). The molecule has 0 saturated heterocycles. The Balaban J connectivity index is 2.65. The number of nitrogen functional groups attached to an aromatic ring is 1. The minimum absolute atomic E-state index is 0.292. The van der Waals surface area contributed by atoms with Crippen molar-refractivity contribution in [3.63, 3.8) is 0 Å². The third kappa shape index (κ3) is 2.30. The lowest BCUT2D eigenvalue weighted by molar-refractivity contribution is 0.151. The zero-order valence-corrected chi connectivity index (χ0v) is 12.1. The second kappa shape index (κ2) is 5.57. The molecular formula is C14H22N4O. The van der Waals surface area contributed by atoms with Crippen LogP contribution < -0.4 is 5.73 Å². The van der Waals surface area contributed by atoms with E-state index < -0.39 is 0 Å². The summed E-state index contributed by atoms with van der Waals surface area (Å²) in [5, 5.41) is 0.970. The maximum Gasteiger partial charge on any atom is 0.146 e. The zero-order chi connectivity index (χ0) is 14.0. The number of aromatic nitrogens is 3. The lowest BCUT2D eigenvalue weighted by atomic mass is 10.1. The first-order chi connectivity index (χ1) is 9.11. The van der Waals surface area contributed by atoms with Gasteiger partial charge in [-0.15, -0.1) is 0 Å². The molecule has 2 aromatic heterocycles. The van der Waals surface area contributed by atoms with Crippen molar-refractivity contribution in [1.82, 2.24) is 14.5 Å². The molecule has 0 spiro atoms. The number of fused-ring (bicyclic) bond motifs is 1. The highest BCUT2D eigenvalue weighted by atomic mass is 16.5. The van der Waals surface area contributed by atoms with E-state index in [1.807, 2.05) is 0 Å². The molecule has 5 heteroatoms. The van der Waals surface area contributed by atoms with Crippen LogP contribution in [0.2, 0.25) is 0 Å². The fourth-order valence-corrected chi connectivity index (χ4v) is 2.71. The van der Waals surface area contributed by atoms with Crippen LogP contribution in [0.15, 0.2) is 6.33 Å². The SMILES string of the molecule is CCCC(COC)n1c(C)c(C)c2c(N)ncnc21. The molecule has 0 aliphatic carbocycles. The first-order valence-electron chi connectivity index (χ1n) is 6.68. The minimum Gasteiger partial charge on any atom is -0.383 e. The molecule has 0 bridgehead atoms. The average Bonchev–Trinajstić information content (AvgIpc) is 2.63. The van der Waals surface area contributed by atoms with Crippen molar-refractivity contribution in [2.45, 2.75) is 39.7 Å². The van der Waals surface area contributed by atoms with Crippen molar-refractivity contribution in [2.24, 2.45) is 0 Å². The van der Waals surface area contributed by atoms with Gasteiger partial charge in [0, 0.05) is 12.8 Å². The molecule has 0 aromatic carbocycles. The number of nitrogens with two attached hydrogens (primary N) is 1. The van der Waals surface area contributed by atoms with Crippen LogP contribution in [0, 0.1) is 13.8 Å². The Kier molecular flexibility index (Phi) is 4.04. The van der Waals surface area contributed by atoms with E-state index in [0.29, 0.717) is 18.5 Å². The minimum atomic E-state index is 0.292. The highest BCUT2D eigenvalue weighted by molar-refractivity contribution is 5.90. The number of rotatable bonds is 5. The van der Waals surface area contributed by atoms with E-state index in [9.17, 15) is 0 Å². The monoisotopic (exact) mass is 262 g/mol. The molecule has 1 atom stereocenters. The summed E-state index contributed by atoms with van der Waals surface area (Å²) in [6.07, 6.45) is 3.69. The van der Waals surface area contributed by atoms with Gasteiger partial charge in [0.2, 0.25) is 0 Å². The normalized spacial score (nSPS) is 13.1. The van der Waals surface area contributed by atoms with Crippen LogP contribution in [-0.4, -0.2) is 28.3 Å². The Bertz CT molecular complexity index is 570. The summed E-state index contributed by atoms with van der Waals surface area (Å²) in [7, 11) is 1.74. The van der Waals surface area contributed by atoms with E-state index in [0.717, 1.165) is 29.4 Å². The van der Waals surface area contributed by atoms with Gasteiger partial charge in [0.1, 0.15) is 17.8 Å². The molecule has 1 unspecified atom stereocenters. The van der Waals surface area contributed by atoms with Crippen LogP contribution in [0.1, 0.15) is 37.1 Å². The van der Waals surface area contributed by atoms with E-state index in [1.54, 1.807) is 7.11 Å². The maximum absolute atomic E-state index is 5.99. The van der Waals surface area contributed by atoms with Gasteiger partial charge in [-0.3, -0.25) is 0 Å². The molecule has 0 aliphatic heterocycles. The predicted molar refractivity (Wildman–Crippen MR) is 77.2 cm³/mol. The molecule has 2 N–H and O–H groups in total. The van der Waals surface area contributed by atoms with Crippen molar-refractivity contribution in [1.29, 1.82) is 0 Å². The van der Waals surface area contributed by atoms with E-state index in [2.05, 4.69) is 35.3 Å². The number of hydrogen-bond acceptors (Lipinski definition) is 4. The highest BCUT2D eigenvalue weighted by Crippen LogP contribution is 2.31. The molecule has 0 radical (unpaired) electrons. The molecule has 2 aromatic rings. The van der Waals surface area contributed by atoms with Crippen molar-refractivity contribution >= 4 is 16.9 Å². The number of methoxy groups -OCH3 is 1. The lowest BCUT2D eigenvalue weighted by Crippen LogP contribution is -2.16. The molecule has 19 heavy (non-hydrogen) atoms. The quantitative estimate of drug-likeness (QED) is 0.899. The van der Waals surface area contributed by atoms with Crippen molar-refractivity contribution in [3.8, 4) is 0 Å².